The maximum Gasteiger partial charge on any atom is 0.401 e. The molecule has 112 valence electrons. The Bertz CT molecular complexity index is 413. The predicted molar refractivity (Wildman–Crippen MR) is 71.1 cm³/mol. The molecule has 2 rings (SSSR count). The molecule has 0 amide bonds. The number of pyridine rings is 1. The fourth-order valence-corrected chi connectivity index (χ4v) is 1.97. The zero-order valence-corrected chi connectivity index (χ0v) is 11.6. The van der Waals surface area contributed by atoms with Crippen LogP contribution in [-0.4, -0.2) is 35.2 Å². The molecule has 6 heteroatoms. The zero-order valence-electron chi connectivity index (χ0n) is 11.6. The molecule has 1 aliphatic rings. The standard InChI is InChI=1S/C14H20F3N3/c1-2-20(10-14(15,16)17)9-13-4-3-11(8-19-13)7-18-12-5-6-12/h3-4,8,12,18H,2,5-7,9-10H2,1H3. The van der Waals surface area contributed by atoms with Gasteiger partial charge < -0.3 is 5.32 Å². The van der Waals surface area contributed by atoms with E-state index in [4.69, 9.17) is 0 Å². The summed E-state index contributed by atoms with van der Waals surface area (Å²) in [6, 6.07) is 4.37. The van der Waals surface area contributed by atoms with Gasteiger partial charge in [-0.05, 0) is 31.0 Å². The molecule has 0 unspecified atom stereocenters. The largest absolute Gasteiger partial charge is 0.401 e. The van der Waals surface area contributed by atoms with Gasteiger partial charge in [0, 0.05) is 25.3 Å². The van der Waals surface area contributed by atoms with Gasteiger partial charge in [-0.25, -0.2) is 0 Å². The Labute approximate surface area is 117 Å². The van der Waals surface area contributed by atoms with Crippen LogP contribution < -0.4 is 5.32 Å². The minimum atomic E-state index is -4.16. The second-order valence-corrected chi connectivity index (χ2v) is 5.23. The Kier molecular flexibility index (Phi) is 4.99. The van der Waals surface area contributed by atoms with E-state index < -0.39 is 12.7 Å². The van der Waals surface area contributed by atoms with Crippen molar-refractivity contribution in [3.63, 3.8) is 0 Å². The molecule has 1 saturated carbocycles. The minimum absolute atomic E-state index is 0.229. The Morgan fingerprint density at radius 1 is 1.35 bits per heavy atom. The Balaban J connectivity index is 1.84. The molecule has 1 aliphatic carbocycles. The first-order chi connectivity index (χ1) is 9.46. The molecule has 0 saturated heterocycles. The van der Waals surface area contributed by atoms with E-state index in [0.717, 1.165) is 12.1 Å². The summed E-state index contributed by atoms with van der Waals surface area (Å²) in [6.07, 6.45) is 0.0408. The van der Waals surface area contributed by atoms with E-state index in [1.807, 2.05) is 12.1 Å². The summed E-state index contributed by atoms with van der Waals surface area (Å²) in [5, 5.41) is 3.38. The SMILES string of the molecule is CCN(Cc1ccc(CNC2CC2)cn1)CC(F)(F)F. The molecule has 0 spiro atoms. The summed E-state index contributed by atoms with van der Waals surface area (Å²) in [6.45, 7) is 2.19. The molecule has 0 radical (unpaired) electrons. The first-order valence-electron chi connectivity index (χ1n) is 6.92. The highest BCUT2D eigenvalue weighted by atomic mass is 19.4. The van der Waals surface area contributed by atoms with Crippen molar-refractivity contribution in [3.8, 4) is 0 Å². The van der Waals surface area contributed by atoms with Crippen molar-refractivity contribution < 1.29 is 13.2 Å². The van der Waals surface area contributed by atoms with Crippen LogP contribution in [0.4, 0.5) is 13.2 Å². The highest BCUT2D eigenvalue weighted by molar-refractivity contribution is 5.14. The number of halogens is 3. The lowest BCUT2D eigenvalue weighted by Crippen LogP contribution is -2.33. The van der Waals surface area contributed by atoms with E-state index in [1.165, 1.54) is 17.7 Å². The van der Waals surface area contributed by atoms with Crippen molar-refractivity contribution in [2.45, 2.75) is 45.1 Å². The van der Waals surface area contributed by atoms with Gasteiger partial charge in [-0.15, -0.1) is 0 Å². The van der Waals surface area contributed by atoms with Gasteiger partial charge in [-0.1, -0.05) is 13.0 Å². The van der Waals surface area contributed by atoms with Gasteiger partial charge in [-0.2, -0.15) is 13.2 Å². The van der Waals surface area contributed by atoms with Gasteiger partial charge in [0.15, 0.2) is 0 Å². The molecule has 0 aromatic carbocycles. The average molecular weight is 287 g/mol. The van der Waals surface area contributed by atoms with Crippen molar-refractivity contribution >= 4 is 0 Å². The van der Waals surface area contributed by atoms with E-state index in [9.17, 15) is 13.2 Å². The number of aromatic nitrogens is 1. The van der Waals surface area contributed by atoms with Crippen LogP contribution in [0.2, 0.25) is 0 Å². The highest BCUT2D eigenvalue weighted by Gasteiger charge is 2.30. The van der Waals surface area contributed by atoms with Gasteiger partial charge in [-0.3, -0.25) is 9.88 Å². The summed E-state index contributed by atoms with van der Waals surface area (Å²) in [5.41, 5.74) is 1.74. The van der Waals surface area contributed by atoms with Crippen LogP contribution in [0.15, 0.2) is 18.3 Å². The predicted octanol–water partition coefficient (Wildman–Crippen LogP) is 2.72. The van der Waals surface area contributed by atoms with Gasteiger partial charge >= 0.3 is 6.18 Å². The summed E-state index contributed by atoms with van der Waals surface area (Å²) < 4.78 is 37.1. The second kappa shape index (κ2) is 6.54. The molecule has 3 nitrogen and oxygen atoms in total. The van der Waals surface area contributed by atoms with Crippen molar-refractivity contribution in [1.29, 1.82) is 0 Å². The number of hydrogen-bond donors (Lipinski definition) is 1. The van der Waals surface area contributed by atoms with E-state index in [2.05, 4.69) is 10.3 Å². The summed E-state index contributed by atoms with van der Waals surface area (Å²) in [7, 11) is 0. The third kappa shape index (κ3) is 5.46. The second-order valence-electron chi connectivity index (χ2n) is 5.23. The molecule has 0 atom stereocenters. The molecule has 0 bridgehead atoms. The van der Waals surface area contributed by atoms with Crippen molar-refractivity contribution in [2.24, 2.45) is 0 Å². The average Bonchev–Trinajstić information content (AvgIpc) is 3.19. The lowest BCUT2D eigenvalue weighted by atomic mass is 10.2. The van der Waals surface area contributed by atoms with Crippen LogP contribution in [0.3, 0.4) is 0 Å². The lowest BCUT2D eigenvalue weighted by Gasteiger charge is -2.21. The lowest BCUT2D eigenvalue weighted by molar-refractivity contribution is -0.146. The van der Waals surface area contributed by atoms with Gasteiger partial charge in [0.05, 0.1) is 12.2 Å². The molecule has 1 fully saturated rings. The summed E-state index contributed by atoms with van der Waals surface area (Å²) in [5.74, 6) is 0. The molecule has 20 heavy (non-hydrogen) atoms. The molecule has 1 heterocycles. The van der Waals surface area contributed by atoms with E-state index in [1.54, 1.807) is 13.1 Å². The highest BCUT2D eigenvalue weighted by Crippen LogP contribution is 2.19. The van der Waals surface area contributed by atoms with E-state index in [-0.39, 0.29) is 6.54 Å². The number of alkyl halides is 3. The Morgan fingerprint density at radius 2 is 2.10 bits per heavy atom. The summed E-state index contributed by atoms with van der Waals surface area (Å²) >= 11 is 0. The van der Waals surface area contributed by atoms with Crippen LogP contribution in [0.5, 0.6) is 0 Å². The number of nitrogens with zero attached hydrogens (tertiary/aromatic N) is 2. The number of nitrogens with one attached hydrogen (secondary N) is 1. The molecule has 1 N–H and O–H groups in total. The van der Waals surface area contributed by atoms with Crippen LogP contribution in [-0.2, 0) is 13.1 Å². The smallest absolute Gasteiger partial charge is 0.310 e. The fourth-order valence-electron chi connectivity index (χ4n) is 1.97. The van der Waals surface area contributed by atoms with Crippen molar-refractivity contribution in [3.05, 3.63) is 29.6 Å². The van der Waals surface area contributed by atoms with Gasteiger partial charge in [0.25, 0.3) is 0 Å². The van der Waals surface area contributed by atoms with E-state index >= 15 is 0 Å². The maximum atomic E-state index is 12.4. The maximum absolute atomic E-state index is 12.4. The number of rotatable bonds is 7. The minimum Gasteiger partial charge on any atom is -0.310 e. The Hall–Kier alpha value is -1.14. The topological polar surface area (TPSA) is 28.2 Å². The molecule has 0 aliphatic heterocycles. The van der Waals surface area contributed by atoms with E-state index in [0.29, 0.717) is 18.3 Å². The molecule has 1 aromatic heterocycles. The first-order valence-corrected chi connectivity index (χ1v) is 6.92. The van der Waals surface area contributed by atoms with Crippen LogP contribution >= 0.6 is 0 Å². The molecular formula is C14H20F3N3. The first kappa shape index (κ1) is 15.3. The van der Waals surface area contributed by atoms with Crippen molar-refractivity contribution in [1.82, 2.24) is 15.2 Å². The van der Waals surface area contributed by atoms with Gasteiger partial charge in [0.2, 0.25) is 0 Å². The molecule has 1 aromatic rings. The van der Waals surface area contributed by atoms with Crippen LogP contribution in [0, 0.1) is 0 Å². The number of hydrogen-bond acceptors (Lipinski definition) is 3. The van der Waals surface area contributed by atoms with Crippen molar-refractivity contribution in [2.75, 3.05) is 13.1 Å². The third-order valence-corrected chi connectivity index (χ3v) is 3.29. The zero-order chi connectivity index (χ0) is 14.6. The summed E-state index contributed by atoms with van der Waals surface area (Å²) in [4.78, 5) is 5.58. The Morgan fingerprint density at radius 3 is 2.60 bits per heavy atom. The van der Waals surface area contributed by atoms with Crippen LogP contribution in [0.1, 0.15) is 31.0 Å². The van der Waals surface area contributed by atoms with Crippen LogP contribution in [0.25, 0.3) is 0 Å². The monoisotopic (exact) mass is 287 g/mol. The normalized spacial score (nSPS) is 15.8. The molecular weight excluding hydrogens is 267 g/mol. The van der Waals surface area contributed by atoms with Gasteiger partial charge in [0.1, 0.15) is 0 Å². The fraction of sp³-hybridized carbons (Fsp3) is 0.643. The quantitative estimate of drug-likeness (QED) is 0.836. The third-order valence-electron chi connectivity index (χ3n) is 3.29.